The van der Waals surface area contributed by atoms with Gasteiger partial charge in [0.1, 0.15) is 6.07 Å². The molecule has 3 aromatic rings. The molecule has 0 saturated heterocycles. The summed E-state index contributed by atoms with van der Waals surface area (Å²) in [5.41, 5.74) is 2.63. The van der Waals surface area contributed by atoms with Crippen molar-refractivity contribution >= 4 is 44.5 Å². The van der Waals surface area contributed by atoms with Crippen molar-refractivity contribution in [2.75, 3.05) is 11.9 Å². The van der Waals surface area contributed by atoms with Crippen molar-refractivity contribution in [2.45, 2.75) is 13.8 Å². The molecule has 1 N–H and O–H groups in total. The maximum Gasteiger partial charge on any atom is 0.350 e. The number of benzene rings is 1. The van der Waals surface area contributed by atoms with Crippen LogP contribution < -0.4 is 5.32 Å². The predicted octanol–water partition coefficient (Wildman–Crippen LogP) is 2.93. The second kappa shape index (κ2) is 6.60. The topological polar surface area (TPSA) is 101 Å². The Morgan fingerprint density at radius 3 is 2.96 bits per heavy atom. The molecule has 2 heterocycles. The van der Waals surface area contributed by atoms with Crippen LogP contribution in [0.1, 0.15) is 11.9 Å². The van der Waals surface area contributed by atoms with Crippen molar-refractivity contribution in [3.05, 3.63) is 35.0 Å². The van der Waals surface area contributed by atoms with Crippen LogP contribution in [0.25, 0.3) is 21.5 Å². The molecule has 0 spiro atoms. The predicted molar refractivity (Wildman–Crippen MR) is 91.4 cm³/mol. The normalized spacial score (nSPS) is 11.5. The number of anilines is 1. The van der Waals surface area contributed by atoms with Gasteiger partial charge in [-0.25, -0.2) is 19.7 Å². The largest absolute Gasteiger partial charge is 0.462 e. The first-order chi connectivity index (χ1) is 11.6. The van der Waals surface area contributed by atoms with E-state index in [1.165, 1.54) is 17.5 Å². The molecular formula is C16H13N5O2S. The summed E-state index contributed by atoms with van der Waals surface area (Å²) in [4.78, 5) is 25.7. The van der Waals surface area contributed by atoms with Crippen LogP contribution >= 0.6 is 11.3 Å². The van der Waals surface area contributed by atoms with Crippen molar-refractivity contribution < 1.29 is 9.53 Å². The standard InChI is InChI=1S/C16H13N5O2S/c1-3-23-16(22)10(7-17)8-18-11-4-5-12-13(6-11)20-14-15(21-12)24-9(2)19-14/h4-6,8,18H,3H2,1-2H3/b10-8-. The number of fused-ring (bicyclic) bond motifs is 2. The smallest absolute Gasteiger partial charge is 0.350 e. The van der Waals surface area contributed by atoms with Gasteiger partial charge in [-0.3, -0.25) is 0 Å². The minimum Gasteiger partial charge on any atom is -0.462 e. The van der Waals surface area contributed by atoms with Gasteiger partial charge in [-0.15, -0.1) is 0 Å². The van der Waals surface area contributed by atoms with Gasteiger partial charge in [-0.1, -0.05) is 11.3 Å². The Bertz CT molecular complexity index is 1000. The van der Waals surface area contributed by atoms with Crippen LogP contribution in [0.3, 0.4) is 0 Å². The van der Waals surface area contributed by atoms with E-state index in [-0.39, 0.29) is 12.2 Å². The van der Waals surface area contributed by atoms with Gasteiger partial charge >= 0.3 is 5.97 Å². The Morgan fingerprint density at radius 1 is 1.38 bits per heavy atom. The van der Waals surface area contributed by atoms with Crippen LogP contribution in [0.15, 0.2) is 30.0 Å². The van der Waals surface area contributed by atoms with E-state index in [9.17, 15) is 4.79 Å². The molecule has 2 aromatic heterocycles. The Balaban J connectivity index is 1.91. The molecule has 0 aliphatic heterocycles. The van der Waals surface area contributed by atoms with Crippen molar-refractivity contribution in [2.24, 2.45) is 0 Å². The van der Waals surface area contributed by atoms with Crippen LogP contribution in [0.4, 0.5) is 5.69 Å². The summed E-state index contributed by atoms with van der Waals surface area (Å²) in [6, 6.07) is 7.22. The highest BCUT2D eigenvalue weighted by Gasteiger charge is 2.10. The lowest BCUT2D eigenvalue weighted by molar-refractivity contribution is -0.138. The lowest BCUT2D eigenvalue weighted by Crippen LogP contribution is -2.07. The molecule has 0 unspecified atom stereocenters. The lowest BCUT2D eigenvalue weighted by Gasteiger charge is -2.04. The number of rotatable bonds is 4. The molecule has 24 heavy (non-hydrogen) atoms. The summed E-state index contributed by atoms with van der Waals surface area (Å²) in [5.74, 6) is -0.660. The number of aromatic nitrogens is 3. The third-order valence-electron chi connectivity index (χ3n) is 3.12. The highest BCUT2D eigenvalue weighted by atomic mass is 32.1. The average molecular weight is 339 g/mol. The summed E-state index contributed by atoms with van der Waals surface area (Å²) in [5, 5.41) is 12.8. The Morgan fingerprint density at radius 2 is 2.21 bits per heavy atom. The number of nitrogens with zero attached hydrogens (tertiary/aromatic N) is 4. The fraction of sp³-hybridized carbons (Fsp3) is 0.188. The number of carbonyl (C=O) groups is 1. The highest BCUT2D eigenvalue weighted by Crippen LogP contribution is 2.23. The summed E-state index contributed by atoms with van der Waals surface area (Å²) < 4.78 is 4.80. The van der Waals surface area contributed by atoms with E-state index in [4.69, 9.17) is 10.00 Å². The summed E-state index contributed by atoms with van der Waals surface area (Å²) in [6.07, 6.45) is 1.32. The van der Waals surface area contributed by atoms with Crippen molar-refractivity contribution in [3.63, 3.8) is 0 Å². The number of ether oxygens (including phenoxy) is 1. The van der Waals surface area contributed by atoms with Gasteiger partial charge in [0.15, 0.2) is 16.1 Å². The van der Waals surface area contributed by atoms with Gasteiger partial charge in [-0.2, -0.15) is 5.26 Å². The molecule has 0 aliphatic carbocycles. The van der Waals surface area contributed by atoms with E-state index in [2.05, 4.69) is 20.3 Å². The van der Waals surface area contributed by atoms with Crippen LogP contribution in [0, 0.1) is 18.3 Å². The molecule has 0 bridgehead atoms. The van der Waals surface area contributed by atoms with Gasteiger partial charge in [0, 0.05) is 11.9 Å². The van der Waals surface area contributed by atoms with Crippen LogP contribution in [0.2, 0.25) is 0 Å². The lowest BCUT2D eigenvalue weighted by atomic mass is 10.2. The minimum atomic E-state index is -0.660. The molecule has 0 fully saturated rings. The summed E-state index contributed by atoms with van der Waals surface area (Å²) in [6.45, 7) is 3.81. The number of nitrogens with one attached hydrogen (secondary N) is 1. The zero-order valence-corrected chi connectivity index (χ0v) is 13.8. The van der Waals surface area contributed by atoms with E-state index in [0.29, 0.717) is 16.9 Å². The molecular weight excluding hydrogens is 326 g/mol. The van der Waals surface area contributed by atoms with E-state index in [1.54, 1.807) is 19.1 Å². The molecule has 0 atom stereocenters. The summed E-state index contributed by atoms with van der Waals surface area (Å²) in [7, 11) is 0. The first-order valence-electron chi connectivity index (χ1n) is 7.19. The monoisotopic (exact) mass is 339 g/mol. The van der Waals surface area contributed by atoms with Gasteiger partial charge < -0.3 is 10.1 Å². The zero-order valence-electron chi connectivity index (χ0n) is 13.0. The SMILES string of the molecule is CCOC(=O)/C(C#N)=C\Nc1ccc2nc3sc(C)nc3nc2c1. The Hall–Kier alpha value is -3.05. The highest BCUT2D eigenvalue weighted by molar-refractivity contribution is 7.18. The molecule has 0 aliphatic rings. The Kier molecular flexibility index (Phi) is 4.35. The number of hydrogen-bond acceptors (Lipinski definition) is 8. The quantitative estimate of drug-likeness (QED) is 0.443. The molecule has 0 amide bonds. The van der Waals surface area contributed by atoms with Crippen molar-refractivity contribution in [3.8, 4) is 6.07 Å². The van der Waals surface area contributed by atoms with Crippen LogP contribution in [-0.4, -0.2) is 27.5 Å². The fourth-order valence-corrected chi connectivity index (χ4v) is 2.81. The van der Waals surface area contributed by atoms with Crippen LogP contribution in [0.5, 0.6) is 0 Å². The molecule has 1 aromatic carbocycles. The van der Waals surface area contributed by atoms with E-state index < -0.39 is 5.97 Å². The maximum absolute atomic E-state index is 11.6. The van der Waals surface area contributed by atoms with Crippen LogP contribution in [-0.2, 0) is 9.53 Å². The first-order valence-corrected chi connectivity index (χ1v) is 8.01. The first kappa shape index (κ1) is 15.8. The number of carbonyl (C=O) groups excluding carboxylic acids is 1. The zero-order chi connectivity index (χ0) is 17.1. The van der Waals surface area contributed by atoms with E-state index in [0.717, 1.165) is 15.4 Å². The number of esters is 1. The molecule has 7 nitrogen and oxygen atoms in total. The summed E-state index contributed by atoms with van der Waals surface area (Å²) >= 11 is 1.50. The molecule has 120 valence electrons. The number of nitriles is 1. The number of aryl methyl sites for hydroxylation is 1. The maximum atomic E-state index is 11.6. The molecule has 8 heteroatoms. The average Bonchev–Trinajstić information content (AvgIpc) is 2.92. The van der Waals surface area contributed by atoms with E-state index >= 15 is 0 Å². The van der Waals surface area contributed by atoms with Gasteiger partial charge in [0.05, 0.1) is 22.6 Å². The van der Waals surface area contributed by atoms with Gasteiger partial charge in [0.2, 0.25) is 0 Å². The third kappa shape index (κ3) is 3.16. The molecule has 0 radical (unpaired) electrons. The third-order valence-corrected chi connectivity index (χ3v) is 3.98. The van der Waals surface area contributed by atoms with Crippen molar-refractivity contribution in [1.82, 2.24) is 15.0 Å². The van der Waals surface area contributed by atoms with Crippen molar-refractivity contribution in [1.29, 1.82) is 5.26 Å². The minimum absolute atomic E-state index is 0.103. The second-order valence-electron chi connectivity index (χ2n) is 4.82. The van der Waals surface area contributed by atoms with E-state index in [1.807, 2.05) is 19.1 Å². The van der Waals surface area contributed by atoms with Gasteiger partial charge in [0.25, 0.3) is 0 Å². The second-order valence-corrected chi connectivity index (χ2v) is 6.01. The number of hydrogen-bond donors (Lipinski definition) is 1. The Labute approximate surface area is 141 Å². The molecule has 3 rings (SSSR count). The molecule has 0 saturated carbocycles. The van der Waals surface area contributed by atoms with Gasteiger partial charge in [-0.05, 0) is 32.0 Å². The number of thiazole rings is 1. The fourth-order valence-electron chi connectivity index (χ4n) is 2.07.